The Kier molecular flexibility index (Phi) is 5.73. The normalized spacial score (nSPS) is 17.9. The van der Waals surface area contributed by atoms with E-state index in [-0.39, 0.29) is 0 Å². The van der Waals surface area contributed by atoms with Crippen LogP contribution >= 0.6 is 0 Å². The van der Waals surface area contributed by atoms with E-state index in [0.29, 0.717) is 12.3 Å². The van der Waals surface area contributed by atoms with E-state index in [1.807, 2.05) is 20.0 Å². The van der Waals surface area contributed by atoms with Crippen molar-refractivity contribution in [3.8, 4) is 0 Å². The Morgan fingerprint density at radius 2 is 1.77 bits per heavy atom. The first-order valence-electron chi connectivity index (χ1n) is 9.69. The van der Waals surface area contributed by atoms with Gasteiger partial charge in [-0.3, -0.25) is 0 Å². The lowest BCUT2D eigenvalue weighted by Gasteiger charge is -2.30. The highest BCUT2D eigenvalue weighted by atomic mass is 16.3. The second-order valence-corrected chi connectivity index (χ2v) is 8.01. The number of benzene rings is 1. The van der Waals surface area contributed by atoms with E-state index >= 15 is 0 Å². The molecule has 4 heteroatoms. The van der Waals surface area contributed by atoms with Gasteiger partial charge in [0, 0.05) is 17.7 Å². The number of hydrogen-bond donors (Lipinski definition) is 2. The predicted octanol–water partition coefficient (Wildman–Crippen LogP) is 3.71. The van der Waals surface area contributed by atoms with Gasteiger partial charge in [-0.15, -0.1) is 0 Å². The van der Waals surface area contributed by atoms with Crippen LogP contribution in [0.1, 0.15) is 65.9 Å². The summed E-state index contributed by atoms with van der Waals surface area (Å²) >= 11 is 0. The molecule has 0 radical (unpaired) electrons. The Morgan fingerprint density at radius 3 is 2.42 bits per heavy atom. The van der Waals surface area contributed by atoms with Crippen LogP contribution in [0.5, 0.6) is 0 Å². The van der Waals surface area contributed by atoms with Crippen LogP contribution in [0.15, 0.2) is 24.4 Å². The van der Waals surface area contributed by atoms with Crippen molar-refractivity contribution >= 4 is 0 Å². The van der Waals surface area contributed by atoms with Gasteiger partial charge in [-0.25, -0.2) is 9.97 Å². The van der Waals surface area contributed by atoms with E-state index < -0.39 is 5.60 Å². The molecule has 0 saturated carbocycles. The molecule has 140 valence electrons. The minimum atomic E-state index is -0.925. The first-order valence-corrected chi connectivity index (χ1v) is 9.69. The van der Waals surface area contributed by atoms with Crippen molar-refractivity contribution in [3.05, 3.63) is 58.2 Å². The molecule has 1 fully saturated rings. The van der Waals surface area contributed by atoms with Crippen molar-refractivity contribution in [1.29, 1.82) is 0 Å². The third kappa shape index (κ3) is 4.49. The molecule has 2 N–H and O–H groups in total. The molecular formula is C22H31N3O. The Bertz CT molecular complexity index is 744. The zero-order valence-electron chi connectivity index (χ0n) is 16.5. The Hall–Kier alpha value is -1.78. The van der Waals surface area contributed by atoms with E-state index in [1.54, 1.807) is 0 Å². The second-order valence-electron chi connectivity index (χ2n) is 8.01. The Labute approximate surface area is 157 Å². The van der Waals surface area contributed by atoms with Crippen LogP contribution in [0.2, 0.25) is 0 Å². The third-order valence-corrected chi connectivity index (χ3v) is 5.43. The topological polar surface area (TPSA) is 58.0 Å². The summed E-state index contributed by atoms with van der Waals surface area (Å²) in [5.41, 5.74) is 4.84. The van der Waals surface area contributed by atoms with Gasteiger partial charge in [0.05, 0.1) is 11.3 Å². The summed E-state index contributed by atoms with van der Waals surface area (Å²) in [4.78, 5) is 9.14. The molecule has 2 aromatic rings. The summed E-state index contributed by atoms with van der Waals surface area (Å²) in [5, 5.41) is 14.7. The van der Waals surface area contributed by atoms with Gasteiger partial charge in [0.1, 0.15) is 5.82 Å². The molecule has 2 heterocycles. The quantitative estimate of drug-likeness (QED) is 0.860. The van der Waals surface area contributed by atoms with E-state index in [0.717, 1.165) is 49.4 Å². The molecule has 3 rings (SSSR count). The predicted molar refractivity (Wildman–Crippen MR) is 105 cm³/mol. The zero-order valence-corrected chi connectivity index (χ0v) is 16.5. The molecule has 0 amide bonds. The molecule has 1 aromatic carbocycles. The summed E-state index contributed by atoms with van der Waals surface area (Å²) in [5.74, 6) is 1.19. The Balaban J connectivity index is 1.83. The van der Waals surface area contributed by atoms with Gasteiger partial charge in [0.15, 0.2) is 0 Å². The summed E-state index contributed by atoms with van der Waals surface area (Å²) < 4.78 is 0. The van der Waals surface area contributed by atoms with Crippen molar-refractivity contribution in [2.45, 2.75) is 64.9 Å². The van der Waals surface area contributed by atoms with Crippen molar-refractivity contribution in [1.82, 2.24) is 15.3 Å². The third-order valence-electron chi connectivity index (χ3n) is 5.43. The van der Waals surface area contributed by atoms with Crippen LogP contribution in [-0.4, -0.2) is 28.2 Å². The summed E-state index contributed by atoms with van der Waals surface area (Å²) in [6.45, 7) is 10.1. The standard InChI is InChI=1S/C22H31N3O/c1-15-11-16(2)13-18(12-15)5-8-22(4,26)20-14-24-17(3)25-21(20)19-6-9-23-10-7-19/h11-14,19,23,26H,5-10H2,1-4H3. The number of piperidine rings is 1. The largest absolute Gasteiger partial charge is 0.385 e. The smallest absolute Gasteiger partial charge is 0.125 e. The van der Waals surface area contributed by atoms with Gasteiger partial charge in [0.2, 0.25) is 0 Å². The van der Waals surface area contributed by atoms with E-state index in [1.165, 1.54) is 16.7 Å². The number of aryl methyl sites for hydroxylation is 4. The molecule has 1 unspecified atom stereocenters. The van der Waals surface area contributed by atoms with E-state index in [4.69, 9.17) is 4.98 Å². The van der Waals surface area contributed by atoms with Crippen molar-refractivity contribution < 1.29 is 5.11 Å². The molecule has 1 aromatic heterocycles. The summed E-state index contributed by atoms with van der Waals surface area (Å²) in [7, 11) is 0. The van der Waals surface area contributed by atoms with Gasteiger partial charge in [-0.1, -0.05) is 29.3 Å². The van der Waals surface area contributed by atoms with E-state index in [2.05, 4.69) is 42.3 Å². The SMILES string of the molecule is Cc1cc(C)cc(CCC(C)(O)c2cnc(C)nc2C2CCNCC2)c1. The molecule has 0 spiro atoms. The highest BCUT2D eigenvalue weighted by Gasteiger charge is 2.31. The molecule has 0 aliphatic carbocycles. The number of nitrogens with zero attached hydrogens (tertiary/aromatic N) is 2. The monoisotopic (exact) mass is 353 g/mol. The zero-order chi connectivity index (χ0) is 18.7. The fourth-order valence-corrected chi connectivity index (χ4v) is 4.04. The Morgan fingerprint density at radius 1 is 1.12 bits per heavy atom. The van der Waals surface area contributed by atoms with Crippen molar-refractivity contribution in [3.63, 3.8) is 0 Å². The molecule has 4 nitrogen and oxygen atoms in total. The van der Waals surface area contributed by atoms with E-state index in [9.17, 15) is 5.11 Å². The summed E-state index contributed by atoms with van der Waals surface area (Å²) in [6, 6.07) is 6.61. The first-order chi connectivity index (χ1) is 12.3. The molecule has 1 aliphatic rings. The first kappa shape index (κ1) is 19.0. The van der Waals surface area contributed by atoms with Crippen molar-refractivity contribution in [2.24, 2.45) is 0 Å². The van der Waals surface area contributed by atoms with Crippen LogP contribution in [0.3, 0.4) is 0 Å². The van der Waals surface area contributed by atoms with Gasteiger partial charge < -0.3 is 10.4 Å². The minimum Gasteiger partial charge on any atom is -0.385 e. The fourth-order valence-electron chi connectivity index (χ4n) is 4.04. The minimum absolute atomic E-state index is 0.403. The number of nitrogens with one attached hydrogen (secondary N) is 1. The van der Waals surface area contributed by atoms with Crippen LogP contribution in [-0.2, 0) is 12.0 Å². The average Bonchev–Trinajstić information content (AvgIpc) is 2.60. The van der Waals surface area contributed by atoms with Gasteiger partial charge in [0.25, 0.3) is 0 Å². The van der Waals surface area contributed by atoms with Gasteiger partial charge in [-0.05, 0) is 72.0 Å². The highest BCUT2D eigenvalue weighted by molar-refractivity contribution is 5.31. The molecule has 0 bridgehead atoms. The van der Waals surface area contributed by atoms with Crippen molar-refractivity contribution in [2.75, 3.05) is 13.1 Å². The van der Waals surface area contributed by atoms with Crippen LogP contribution in [0.4, 0.5) is 0 Å². The molecule has 26 heavy (non-hydrogen) atoms. The lowest BCUT2D eigenvalue weighted by Crippen LogP contribution is -2.31. The maximum Gasteiger partial charge on any atom is 0.125 e. The number of aromatic nitrogens is 2. The lowest BCUT2D eigenvalue weighted by atomic mass is 9.83. The summed E-state index contributed by atoms with van der Waals surface area (Å²) in [6.07, 6.45) is 5.49. The lowest BCUT2D eigenvalue weighted by molar-refractivity contribution is 0.0456. The maximum atomic E-state index is 11.3. The number of rotatable bonds is 5. The number of aliphatic hydroxyl groups is 1. The molecule has 1 saturated heterocycles. The molecule has 1 atom stereocenters. The van der Waals surface area contributed by atoms with Gasteiger partial charge in [-0.2, -0.15) is 0 Å². The van der Waals surface area contributed by atoms with Crippen LogP contribution in [0.25, 0.3) is 0 Å². The van der Waals surface area contributed by atoms with Crippen LogP contribution < -0.4 is 5.32 Å². The molecular weight excluding hydrogens is 322 g/mol. The second kappa shape index (κ2) is 7.85. The molecule has 1 aliphatic heterocycles. The average molecular weight is 354 g/mol. The number of hydrogen-bond acceptors (Lipinski definition) is 4. The van der Waals surface area contributed by atoms with Crippen LogP contribution in [0, 0.1) is 20.8 Å². The maximum absolute atomic E-state index is 11.3. The highest BCUT2D eigenvalue weighted by Crippen LogP contribution is 2.34. The van der Waals surface area contributed by atoms with Gasteiger partial charge >= 0.3 is 0 Å². The fraction of sp³-hybridized carbons (Fsp3) is 0.545.